The van der Waals surface area contributed by atoms with Gasteiger partial charge in [-0.15, -0.1) is 24.0 Å². The predicted octanol–water partition coefficient (Wildman–Crippen LogP) is 4.28. The number of benzene rings is 1. The number of aromatic nitrogens is 1. The molecule has 2 aromatic heterocycles. The number of guanidine groups is 1. The smallest absolute Gasteiger partial charge is 0.191 e. The van der Waals surface area contributed by atoms with Gasteiger partial charge in [-0.1, -0.05) is 0 Å². The summed E-state index contributed by atoms with van der Waals surface area (Å²) >= 11 is 1.68. The summed E-state index contributed by atoms with van der Waals surface area (Å²) in [5.41, 5.74) is 3.23. The van der Waals surface area contributed by atoms with Gasteiger partial charge in [0.25, 0.3) is 0 Å². The summed E-state index contributed by atoms with van der Waals surface area (Å²) in [6.45, 7) is 4.31. The maximum atomic E-state index is 13.2. The monoisotopic (exact) mass is 472 g/mol. The summed E-state index contributed by atoms with van der Waals surface area (Å²) in [6, 6.07) is 6.94. The lowest BCUT2D eigenvalue weighted by Crippen LogP contribution is -2.38. The topological polar surface area (TPSA) is 52.2 Å². The van der Waals surface area contributed by atoms with Gasteiger partial charge in [-0.05, 0) is 59.5 Å². The van der Waals surface area contributed by atoms with Crippen molar-refractivity contribution in [3.05, 3.63) is 58.2 Å². The molecule has 4 nitrogen and oxygen atoms in total. The highest BCUT2D eigenvalue weighted by atomic mass is 127. The Morgan fingerprint density at radius 2 is 2.16 bits per heavy atom. The van der Waals surface area contributed by atoms with Gasteiger partial charge in [0, 0.05) is 30.2 Å². The van der Waals surface area contributed by atoms with E-state index in [1.54, 1.807) is 11.3 Å². The van der Waals surface area contributed by atoms with Crippen LogP contribution in [0.4, 0.5) is 4.39 Å². The van der Waals surface area contributed by atoms with Crippen molar-refractivity contribution in [1.29, 1.82) is 0 Å². The molecule has 0 saturated heterocycles. The first-order valence-electron chi connectivity index (χ1n) is 8.05. The van der Waals surface area contributed by atoms with Crippen LogP contribution in [0.25, 0.3) is 10.9 Å². The van der Waals surface area contributed by atoms with Gasteiger partial charge in [-0.25, -0.2) is 9.38 Å². The SMILES string of the molecule is CCNC(=NCc1ccsc1)NCCc1c[nH]c2cc(F)ccc12.I. The predicted molar refractivity (Wildman–Crippen MR) is 115 cm³/mol. The molecule has 0 aliphatic carbocycles. The molecular formula is C18H22FIN4S. The molecule has 3 rings (SSSR count). The van der Waals surface area contributed by atoms with Crippen LogP contribution in [0.3, 0.4) is 0 Å². The molecule has 0 amide bonds. The van der Waals surface area contributed by atoms with E-state index in [0.717, 1.165) is 36.4 Å². The number of halogens is 2. The van der Waals surface area contributed by atoms with Crippen LogP contribution >= 0.6 is 35.3 Å². The van der Waals surface area contributed by atoms with E-state index in [2.05, 4.69) is 44.4 Å². The summed E-state index contributed by atoms with van der Waals surface area (Å²) in [5.74, 6) is 0.596. The molecule has 0 atom stereocenters. The van der Waals surface area contributed by atoms with Crippen LogP contribution in [-0.4, -0.2) is 24.0 Å². The fourth-order valence-electron chi connectivity index (χ4n) is 2.58. The van der Waals surface area contributed by atoms with E-state index in [-0.39, 0.29) is 29.8 Å². The molecule has 0 bridgehead atoms. The first-order valence-corrected chi connectivity index (χ1v) is 8.99. The molecule has 0 aliphatic rings. The number of H-pyrrole nitrogens is 1. The van der Waals surface area contributed by atoms with Gasteiger partial charge in [-0.3, -0.25) is 0 Å². The molecule has 3 N–H and O–H groups in total. The second kappa shape index (κ2) is 9.76. The molecule has 0 aliphatic heterocycles. The van der Waals surface area contributed by atoms with E-state index in [9.17, 15) is 4.39 Å². The van der Waals surface area contributed by atoms with E-state index < -0.39 is 0 Å². The lowest BCUT2D eigenvalue weighted by atomic mass is 10.1. The molecule has 1 aromatic carbocycles. The zero-order valence-electron chi connectivity index (χ0n) is 14.0. The zero-order valence-corrected chi connectivity index (χ0v) is 17.2. The number of thiophene rings is 1. The maximum Gasteiger partial charge on any atom is 0.191 e. The molecule has 0 fully saturated rings. The van der Waals surface area contributed by atoms with Crippen LogP contribution in [0.15, 0.2) is 46.2 Å². The van der Waals surface area contributed by atoms with Crippen LogP contribution in [-0.2, 0) is 13.0 Å². The Balaban J connectivity index is 0.00000225. The van der Waals surface area contributed by atoms with Crippen LogP contribution in [0, 0.1) is 5.82 Å². The van der Waals surface area contributed by atoms with E-state index in [4.69, 9.17) is 0 Å². The molecule has 0 unspecified atom stereocenters. The number of hydrogen-bond donors (Lipinski definition) is 3. The number of nitrogens with zero attached hydrogens (tertiary/aromatic N) is 1. The molecule has 0 radical (unpaired) electrons. The minimum atomic E-state index is -0.218. The van der Waals surface area contributed by atoms with Gasteiger partial charge >= 0.3 is 0 Å². The molecule has 134 valence electrons. The first-order chi connectivity index (χ1) is 11.8. The van der Waals surface area contributed by atoms with Crippen molar-refractivity contribution in [3.8, 4) is 0 Å². The zero-order chi connectivity index (χ0) is 16.8. The van der Waals surface area contributed by atoms with Crippen molar-refractivity contribution < 1.29 is 4.39 Å². The van der Waals surface area contributed by atoms with E-state index in [1.807, 2.05) is 12.3 Å². The van der Waals surface area contributed by atoms with Crippen molar-refractivity contribution in [3.63, 3.8) is 0 Å². The number of fused-ring (bicyclic) bond motifs is 1. The number of rotatable bonds is 6. The maximum absolute atomic E-state index is 13.2. The summed E-state index contributed by atoms with van der Waals surface area (Å²) in [4.78, 5) is 7.72. The fourth-order valence-corrected chi connectivity index (χ4v) is 3.24. The quantitative estimate of drug-likeness (QED) is 0.285. The second-order valence-corrected chi connectivity index (χ2v) is 6.29. The highest BCUT2D eigenvalue weighted by Crippen LogP contribution is 2.19. The minimum absolute atomic E-state index is 0. The summed E-state index contributed by atoms with van der Waals surface area (Å²) in [6.07, 6.45) is 2.79. The largest absolute Gasteiger partial charge is 0.361 e. The van der Waals surface area contributed by atoms with Crippen molar-refractivity contribution in [2.45, 2.75) is 19.9 Å². The number of aromatic amines is 1. The van der Waals surface area contributed by atoms with Crippen LogP contribution in [0.1, 0.15) is 18.1 Å². The van der Waals surface area contributed by atoms with Gasteiger partial charge in [0.15, 0.2) is 5.96 Å². The lowest BCUT2D eigenvalue weighted by molar-refractivity contribution is 0.629. The molecule has 0 saturated carbocycles. The van der Waals surface area contributed by atoms with E-state index in [0.29, 0.717) is 6.54 Å². The number of aliphatic imine (C=N–C) groups is 1. The Morgan fingerprint density at radius 1 is 1.28 bits per heavy atom. The highest BCUT2D eigenvalue weighted by Gasteiger charge is 2.05. The molecule has 3 aromatic rings. The normalized spacial score (nSPS) is 11.4. The van der Waals surface area contributed by atoms with Crippen molar-refractivity contribution in [2.75, 3.05) is 13.1 Å². The molecule has 0 spiro atoms. The van der Waals surface area contributed by atoms with E-state index >= 15 is 0 Å². The summed E-state index contributed by atoms with van der Waals surface area (Å²) < 4.78 is 13.2. The lowest BCUT2D eigenvalue weighted by Gasteiger charge is -2.10. The standard InChI is InChI=1S/C18H21FN4S.HI/c1-2-20-18(23-10-13-6-8-24-12-13)21-7-5-14-11-22-17-9-15(19)3-4-16(14)17;/h3-4,6,8-9,11-12,22H,2,5,7,10H2,1H3,(H2,20,21,23);1H. The minimum Gasteiger partial charge on any atom is -0.361 e. The van der Waals surface area contributed by atoms with Gasteiger partial charge in [0.05, 0.1) is 6.54 Å². The van der Waals surface area contributed by atoms with Crippen LogP contribution in [0.5, 0.6) is 0 Å². The Labute approximate surface area is 168 Å². The third-order valence-electron chi connectivity index (χ3n) is 3.76. The van der Waals surface area contributed by atoms with Crippen LogP contribution in [0.2, 0.25) is 0 Å². The van der Waals surface area contributed by atoms with Crippen molar-refractivity contribution >= 4 is 52.2 Å². The van der Waals surface area contributed by atoms with Gasteiger partial charge < -0.3 is 15.6 Å². The Bertz CT molecular complexity index is 814. The first kappa shape index (κ1) is 19.7. The number of hydrogen-bond acceptors (Lipinski definition) is 2. The third kappa shape index (κ3) is 5.43. The third-order valence-corrected chi connectivity index (χ3v) is 4.49. The Hall–Kier alpha value is -1.61. The van der Waals surface area contributed by atoms with Gasteiger partial charge in [-0.2, -0.15) is 11.3 Å². The summed E-state index contributed by atoms with van der Waals surface area (Å²) in [5, 5.41) is 11.8. The van der Waals surface area contributed by atoms with Crippen LogP contribution < -0.4 is 10.6 Å². The Morgan fingerprint density at radius 3 is 2.92 bits per heavy atom. The number of nitrogens with one attached hydrogen (secondary N) is 3. The van der Waals surface area contributed by atoms with Crippen molar-refractivity contribution in [2.24, 2.45) is 4.99 Å². The summed E-state index contributed by atoms with van der Waals surface area (Å²) in [7, 11) is 0. The Kier molecular flexibility index (Phi) is 7.70. The average Bonchev–Trinajstić information content (AvgIpc) is 3.22. The molecule has 2 heterocycles. The highest BCUT2D eigenvalue weighted by molar-refractivity contribution is 14.0. The average molecular weight is 472 g/mol. The van der Waals surface area contributed by atoms with Gasteiger partial charge in [0.2, 0.25) is 0 Å². The van der Waals surface area contributed by atoms with Crippen molar-refractivity contribution in [1.82, 2.24) is 15.6 Å². The second-order valence-electron chi connectivity index (χ2n) is 5.51. The molecule has 25 heavy (non-hydrogen) atoms. The molecular weight excluding hydrogens is 450 g/mol. The van der Waals surface area contributed by atoms with E-state index in [1.165, 1.54) is 23.3 Å². The molecule has 7 heteroatoms. The fraction of sp³-hybridized carbons (Fsp3) is 0.278. The van der Waals surface area contributed by atoms with Gasteiger partial charge in [0.1, 0.15) is 5.82 Å².